The summed E-state index contributed by atoms with van der Waals surface area (Å²) in [5, 5.41) is 3.44. The second-order valence-corrected chi connectivity index (χ2v) is 5.78. The van der Waals surface area contributed by atoms with Gasteiger partial charge in [0.2, 0.25) is 0 Å². The van der Waals surface area contributed by atoms with Crippen molar-refractivity contribution in [3.8, 4) is 11.5 Å². The largest absolute Gasteiger partial charge is 0.493 e. The minimum Gasteiger partial charge on any atom is -0.493 e. The molecule has 0 saturated heterocycles. The lowest BCUT2D eigenvalue weighted by Crippen LogP contribution is -2.12. The Bertz CT molecular complexity index is 788. The molecule has 1 N–H and O–H groups in total. The molecule has 0 aliphatic rings. The first-order chi connectivity index (χ1) is 11.5. The third-order valence-corrected chi connectivity index (χ3v) is 4.17. The molecule has 0 saturated carbocycles. The molecule has 0 aromatic heterocycles. The third kappa shape index (κ3) is 4.22. The number of halogens is 2. The van der Waals surface area contributed by atoms with E-state index >= 15 is 0 Å². The van der Waals surface area contributed by atoms with E-state index in [0.29, 0.717) is 32.8 Å². The van der Waals surface area contributed by atoms with Crippen LogP contribution >= 0.6 is 23.2 Å². The third-order valence-electron chi connectivity index (χ3n) is 3.35. The molecule has 1 amide bonds. The van der Waals surface area contributed by atoms with Crippen molar-refractivity contribution in [2.24, 2.45) is 0 Å². The van der Waals surface area contributed by atoms with Crippen LogP contribution in [0.2, 0.25) is 10.0 Å². The molecule has 0 heterocycles. The van der Waals surface area contributed by atoms with Crippen molar-refractivity contribution in [3.05, 3.63) is 57.6 Å². The smallest absolute Gasteiger partial charge is 0.251 e. The molecule has 2 rings (SSSR count). The summed E-state index contributed by atoms with van der Waals surface area (Å²) in [6.45, 7) is 1.71. The topological polar surface area (TPSA) is 47.6 Å². The van der Waals surface area contributed by atoms with Gasteiger partial charge in [0.05, 0.1) is 30.0 Å². The second kappa shape index (κ2) is 8.08. The number of amides is 1. The van der Waals surface area contributed by atoms with E-state index in [0.717, 1.165) is 5.56 Å². The first-order valence-electron chi connectivity index (χ1n) is 7.12. The highest BCUT2D eigenvalue weighted by atomic mass is 35.5. The second-order valence-electron chi connectivity index (χ2n) is 5.00. The lowest BCUT2D eigenvalue weighted by molar-refractivity contribution is -0.112. The molecular formula is C18H17Cl2NO3. The van der Waals surface area contributed by atoms with Gasteiger partial charge >= 0.3 is 0 Å². The zero-order valence-corrected chi connectivity index (χ0v) is 15.0. The van der Waals surface area contributed by atoms with Gasteiger partial charge in [0.25, 0.3) is 5.91 Å². The predicted molar refractivity (Wildman–Crippen MR) is 98.3 cm³/mol. The Hall–Kier alpha value is -2.17. The van der Waals surface area contributed by atoms with E-state index in [-0.39, 0.29) is 5.91 Å². The lowest BCUT2D eigenvalue weighted by atomic mass is 10.1. The van der Waals surface area contributed by atoms with Crippen LogP contribution in [0.3, 0.4) is 0 Å². The van der Waals surface area contributed by atoms with Crippen molar-refractivity contribution < 1.29 is 14.3 Å². The fourth-order valence-electron chi connectivity index (χ4n) is 2.08. The van der Waals surface area contributed by atoms with Crippen LogP contribution in [0.5, 0.6) is 11.5 Å². The van der Waals surface area contributed by atoms with Crippen molar-refractivity contribution in [1.82, 2.24) is 0 Å². The summed E-state index contributed by atoms with van der Waals surface area (Å²) in [7, 11) is 3.13. The average Bonchev–Trinajstić information content (AvgIpc) is 2.58. The van der Waals surface area contributed by atoms with Gasteiger partial charge in [-0.1, -0.05) is 35.3 Å². The van der Waals surface area contributed by atoms with E-state index < -0.39 is 0 Å². The summed E-state index contributed by atoms with van der Waals surface area (Å²) >= 11 is 12.0. The normalized spacial score (nSPS) is 11.1. The van der Waals surface area contributed by atoms with E-state index in [4.69, 9.17) is 32.7 Å². The maximum Gasteiger partial charge on any atom is 0.251 e. The highest BCUT2D eigenvalue weighted by Gasteiger charge is 2.10. The van der Waals surface area contributed by atoms with Gasteiger partial charge in [-0.15, -0.1) is 0 Å². The first-order valence-corrected chi connectivity index (χ1v) is 7.87. The van der Waals surface area contributed by atoms with Crippen LogP contribution in [0.1, 0.15) is 12.5 Å². The maximum absolute atomic E-state index is 12.3. The standard InChI is InChI=1S/C18H17Cl2NO3/c1-11(9-12-7-8-15(23-2)16(10-12)24-3)18(22)21-14-6-4-5-13(19)17(14)20/h4-10H,1-3H3,(H,21,22)/b11-9+. The van der Waals surface area contributed by atoms with Gasteiger partial charge in [-0.25, -0.2) is 0 Å². The van der Waals surface area contributed by atoms with Gasteiger partial charge in [-0.2, -0.15) is 0 Å². The minimum atomic E-state index is -0.269. The van der Waals surface area contributed by atoms with Crippen LogP contribution in [0, 0.1) is 0 Å². The molecular weight excluding hydrogens is 349 g/mol. The number of carbonyl (C=O) groups excluding carboxylic acids is 1. The van der Waals surface area contributed by atoms with Crippen molar-refractivity contribution in [2.75, 3.05) is 19.5 Å². The molecule has 126 valence electrons. The molecule has 0 unspecified atom stereocenters. The molecule has 24 heavy (non-hydrogen) atoms. The maximum atomic E-state index is 12.3. The molecule has 0 bridgehead atoms. The number of ether oxygens (including phenoxy) is 2. The van der Waals surface area contributed by atoms with Crippen LogP contribution in [0.15, 0.2) is 42.0 Å². The molecule has 0 aliphatic carbocycles. The van der Waals surface area contributed by atoms with E-state index in [1.54, 1.807) is 57.6 Å². The molecule has 0 aliphatic heterocycles. The highest BCUT2D eigenvalue weighted by Crippen LogP contribution is 2.30. The van der Waals surface area contributed by atoms with Crippen molar-refractivity contribution in [1.29, 1.82) is 0 Å². The molecule has 0 spiro atoms. The molecule has 2 aromatic carbocycles. The van der Waals surface area contributed by atoms with Crippen molar-refractivity contribution >= 4 is 40.9 Å². The SMILES string of the molecule is COc1ccc(/C=C(\C)C(=O)Nc2cccc(Cl)c2Cl)cc1OC. The van der Waals surface area contributed by atoms with Crippen LogP contribution in [-0.2, 0) is 4.79 Å². The summed E-state index contributed by atoms with van der Waals surface area (Å²) in [4.78, 5) is 12.3. The zero-order chi connectivity index (χ0) is 17.7. The average molecular weight is 366 g/mol. The molecule has 4 nitrogen and oxygen atoms in total. The summed E-state index contributed by atoms with van der Waals surface area (Å²) in [5.74, 6) is 0.953. The number of nitrogens with one attached hydrogen (secondary N) is 1. The van der Waals surface area contributed by atoms with E-state index in [1.807, 2.05) is 6.07 Å². The number of anilines is 1. The Morgan fingerprint density at radius 3 is 2.46 bits per heavy atom. The number of hydrogen-bond donors (Lipinski definition) is 1. The Labute approximate surface area is 151 Å². The van der Waals surface area contributed by atoms with Crippen molar-refractivity contribution in [3.63, 3.8) is 0 Å². The number of hydrogen-bond acceptors (Lipinski definition) is 3. The monoisotopic (exact) mass is 365 g/mol. The summed E-state index contributed by atoms with van der Waals surface area (Å²) < 4.78 is 10.5. The summed E-state index contributed by atoms with van der Waals surface area (Å²) in [6.07, 6.45) is 1.75. The van der Waals surface area contributed by atoms with Crippen LogP contribution in [0.4, 0.5) is 5.69 Å². The number of carbonyl (C=O) groups is 1. The molecule has 2 aromatic rings. The number of methoxy groups -OCH3 is 2. The molecule has 0 fully saturated rings. The Morgan fingerprint density at radius 1 is 1.08 bits per heavy atom. The van der Waals surface area contributed by atoms with E-state index in [1.165, 1.54) is 0 Å². The van der Waals surface area contributed by atoms with Gasteiger partial charge in [0.15, 0.2) is 11.5 Å². The van der Waals surface area contributed by atoms with Gasteiger partial charge in [0.1, 0.15) is 0 Å². The van der Waals surface area contributed by atoms with E-state index in [9.17, 15) is 4.79 Å². The number of rotatable bonds is 5. The van der Waals surface area contributed by atoms with Crippen LogP contribution in [-0.4, -0.2) is 20.1 Å². The molecule has 6 heteroatoms. The van der Waals surface area contributed by atoms with Gasteiger partial charge in [-0.3, -0.25) is 4.79 Å². The summed E-state index contributed by atoms with van der Waals surface area (Å²) in [6, 6.07) is 10.5. The molecule has 0 radical (unpaired) electrons. The zero-order valence-electron chi connectivity index (χ0n) is 13.5. The van der Waals surface area contributed by atoms with Gasteiger partial charge in [0, 0.05) is 5.57 Å². The van der Waals surface area contributed by atoms with Crippen LogP contribution < -0.4 is 14.8 Å². The first kappa shape index (κ1) is 18.2. The summed E-state index contributed by atoms with van der Waals surface area (Å²) in [5.41, 5.74) is 1.80. The lowest BCUT2D eigenvalue weighted by Gasteiger charge is -2.10. The van der Waals surface area contributed by atoms with Crippen molar-refractivity contribution in [2.45, 2.75) is 6.92 Å². The number of benzene rings is 2. The van der Waals surface area contributed by atoms with Gasteiger partial charge < -0.3 is 14.8 Å². The fraction of sp³-hybridized carbons (Fsp3) is 0.167. The van der Waals surface area contributed by atoms with Gasteiger partial charge in [-0.05, 0) is 42.8 Å². The van der Waals surface area contributed by atoms with E-state index in [2.05, 4.69) is 5.32 Å². The molecule has 0 atom stereocenters. The Morgan fingerprint density at radius 2 is 1.79 bits per heavy atom. The fourth-order valence-corrected chi connectivity index (χ4v) is 2.43. The highest BCUT2D eigenvalue weighted by molar-refractivity contribution is 6.44. The quantitative estimate of drug-likeness (QED) is 0.753. The van der Waals surface area contributed by atoms with Crippen LogP contribution in [0.25, 0.3) is 6.08 Å². The Balaban J connectivity index is 2.21. The predicted octanol–water partition coefficient (Wildman–Crippen LogP) is 5.05. The Kier molecular flexibility index (Phi) is 6.12. The minimum absolute atomic E-state index is 0.269.